The van der Waals surface area contributed by atoms with Crippen molar-refractivity contribution in [2.24, 2.45) is 0 Å². The van der Waals surface area contributed by atoms with Crippen molar-refractivity contribution in [3.05, 3.63) is 24.3 Å². The third-order valence-electron chi connectivity index (χ3n) is 9.13. The highest BCUT2D eigenvalue weighted by molar-refractivity contribution is 5.80. The summed E-state index contributed by atoms with van der Waals surface area (Å²) in [5, 5.41) is 43.5. The number of aliphatic hydroxyl groups excluding tert-OH is 4. The molecule has 4 atom stereocenters. The summed E-state index contributed by atoms with van der Waals surface area (Å²) in [6, 6.07) is -1.00. The average Bonchev–Trinajstić information content (AvgIpc) is 3.06. The molecule has 0 aliphatic rings. The summed E-state index contributed by atoms with van der Waals surface area (Å²) in [5.74, 6) is -0.603. The molecule has 0 aliphatic heterocycles. The molecule has 0 saturated carbocycles. The van der Waals surface area contributed by atoms with Gasteiger partial charge in [0.2, 0.25) is 5.91 Å². The van der Waals surface area contributed by atoms with Gasteiger partial charge in [-0.25, -0.2) is 0 Å². The fraction of sp³-hybridized carbons (Fsp3) is 0.875. The van der Waals surface area contributed by atoms with Gasteiger partial charge in [0.05, 0.1) is 18.8 Å². The van der Waals surface area contributed by atoms with Crippen LogP contribution in [0, 0.1) is 0 Å². The van der Waals surface area contributed by atoms with Crippen molar-refractivity contribution in [3.8, 4) is 0 Å². The minimum atomic E-state index is -1.28. The first-order valence-corrected chi connectivity index (χ1v) is 19.7. The summed E-state index contributed by atoms with van der Waals surface area (Å²) in [5.41, 5.74) is 0. The number of unbranched alkanes of at least 4 members (excludes halogenated alkanes) is 22. The zero-order chi connectivity index (χ0) is 33.9. The van der Waals surface area contributed by atoms with Gasteiger partial charge in [-0.05, 0) is 64.2 Å². The normalized spacial score (nSPS) is 14.7. The molecule has 0 heterocycles. The zero-order valence-electron chi connectivity index (χ0n) is 30.3. The quantitative estimate of drug-likeness (QED) is 0.0346. The topological polar surface area (TPSA) is 110 Å². The van der Waals surface area contributed by atoms with Crippen LogP contribution in [-0.2, 0) is 4.79 Å². The Morgan fingerprint density at radius 3 is 1.30 bits per heavy atom. The standard InChI is InChI=1S/C40H77NO5/c1-3-5-7-9-11-13-15-17-19-21-23-25-27-29-31-33-37(43)39(45)36(35-42)41-40(46)38(44)34-32-30-28-26-24-22-20-18-16-14-12-10-8-6-4-2/h20,22,25,27,36-39,42-45H,3-19,21,23-24,26,28-35H2,1-2H3,(H,41,46)/b22-20-,27-25+. The molecule has 272 valence electrons. The van der Waals surface area contributed by atoms with Crippen LogP contribution in [0.4, 0.5) is 0 Å². The summed E-state index contributed by atoms with van der Waals surface area (Å²) >= 11 is 0. The monoisotopic (exact) mass is 652 g/mol. The minimum absolute atomic E-state index is 0.349. The van der Waals surface area contributed by atoms with E-state index in [-0.39, 0.29) is 0 Å². The van der Waals surface area contributed by atoms with E-state index in [0.29, 0.717) is 12.8 Å². The maximum Gasteiger partial charge on any atom is 0.249 e. The van der Waals surface area contributed by atoms with E-state index in [1.165, 1.54) is 116 Å². The molecule has 6 heteroatoms. The molecule has 0 rings (SSSR count). The summed E-state index contributed by atoms with van der Waals surface area (Å²) in [7, 11) is 0. The fourth-order valence-corrected chi connectivity index (χ4v) is 5.93. The van der Waals surface area contributed by atoms with E-state index in [2.05, 4.69) is 43.5 Å². The number of hydrogen-bond donors (Lipinski definition) is 5. The van der Waals surface area contributed by atoms with Crippen LogP contribution in [0.3, 0.4) is 0 Å². The van der Waals surface area contributed by atoms with Crippen LogP contribution in [-0.4, -0.2) is 57.3 Å². The second-order valence-electron chi connectivity index (χ2n) is 13.6. The first-order valence-electron chi connectivity index (χ1n) is 19.7. The Balaban J connectivity index is 3.86. The smallest absolute Gasteiger partial charge is 0.249 e. The number of amides is 1. The van der Waals surface area contributed by atoms with Crippen molar-refractivity contribution < 1.29 is 25.2 Å². The van der Waals surface area contributed by atoms with E-state index in [1.54, 1.807) is 0 Å². The molecule has 0 aliphatic carbocycles. The number of carbonyl (C=O) groups is 1. The lowest BCUT2D eigenvalue weighted by atomic mass is 10.00. The molecule has 6 nitrogen and oxygen atoms in total. The predicted molar refractivity (Wildman–Crippen MR) is 196 cm³/mol. The van der Waals surface area contributed by atoms with E-state index in [1.807, 2.05) is 0 Å². The van der Waals surface area contributed by atoms with Crippen LogP contribution in [0.15, 0.2) is 24.3 Å². The summed E-state index contributed by atoms with van der Waals surface area (Å²) in [6.45, 7) is 4.01. The van der Waals surface area contributed by atoms with Crippen molar-refractivity contribution in [2.75, 3.05) is 6.61 Å². The number of nitrogens with one attached hydrogen (secondary N) is 1. The molecular weight excluding hydrogens is 574 g/mol. The lowest BCUT2D eigenvalue weighted by molar-refractivity contribution is -0.132. The molecule has 0 bridgehead atoms. The molecule has 5 N–H and O–H groups in total. The summed E-state index contributed by atoms with van der Waals surface area (Å²) in [6.07, 6.45) is 37.7. The first kappa shape index (κ1) is 44.8. The second-order valence-corrected chi connectivity index (χ2v) is 13.6. The Hall–Kier alpha value is -1.21. The minimum Gasteiger partial charge on any atom is -0.394 e. The molecule has 0 aromatic rings. The van der Waals surface area contributed by atoms with Gasteiger partial charge in [-0.15, -0.1) is 0 Å². The Bertz CT molecular complexity index is 697. The molecule has 0 spiro atoms. The molecular formula is C40H77NO5. The Kier molecular flexibility index (Phi) is 34.2. The molecule has 0 fully saturated rings. The van der Waals surface area contributed by atoms with Crippen molar-refractivity contribution in [1.82, 2.24) is 5.32 Å². The molecule has 4 unspecified atom stereocenters. The van der Waals surface area contributed by atoms with Crippen LogP contribution >= 0.6 is 0 Å². The van der Waals surface area contributed by atoms with Gasteiger partial charge in [-0.3, -0.25) is 4.79 Å². The van der Waals surface area contributed by atoms with Gasteiger partial charge in [0.25, 0.3) is 0 Å². The maximum absolute atomic E-state index is 12.4. The molecule has 0 aromatic heterocycles. The van der Waals surface area contributed by atoms with E-state index in [0.717, 1.165) is 51.4 Å². The van der Waals surface area contributed by atoms with Crippen LogP contribution < -0.4 is 5.32 Å². The molecule has 0 radical (unpaired) electrons. The van der Waals surface area contributed by atoms with Crippen LogP contribution in [0.25, 0.3) is 0 Å². The van der Waals surface area contributed by atoms with Gasteiger partial charge >= 0.3 is 0 Å². The lowest BCUT2D eigenvalue weighted by Crippen LogP contribution is -2.53. The zero-order valence-corrected chi connectivity index (χ0v) is 30.3. The van der Waals surface area contributed by atoms with Gasteiger partial charge in [0.15, 0.2) is 0 Å². The van der Waals surface area contributed by atoms with Crippen molar-refractivity contribution in [3.63, 3.8) is 0 Å². The Labute approximate surface area is 284 Å². The third-order valence-corrected chi connectivity index (χ3v) is 9.13. The SMILES string of the molecule is CCCCCCCCC/C=C\CCCCCCC(O)C(=O)NC(CO)C(O)C(O)CCC/C=C/CCCCCCCCCCCC. The van der Waals surface area contributed by atoms with Gasteiger partial charge in [0, 0.05) is 0 Å². The third kappa shape index (κ3) is 29.0. The molecule has 0 aromatic carbocycles. The van der Waals surface area contributed by atoms with Crippen LogP contribution in [0.1, 0.15) is 194 Å². The number of rotatable bonds is 35. The van der Waals surface area contributed by atoms with E-state index >= 15 is 0 Å². The van der Waals surface area contributed by atoms with Crippen molar-refractivity contribution >= 4 is 5.91 Å². The molecule has 46 heavy (non-hydrogen) atoms. The average molecular weight is 652 g/mol. The molecule has 1 amide bonds. The maximum atomic E-state index is 12.4. The molecule has 0 saturated heterocycles. The van der Waals surface area contributed by atoms with Crippen molar-refractivity contribution in [1.29, 1.82) is 0 Å². The number of aliphatic hydroxyl groups is 4. The Morgan fingerprint density at radius 2 is 0.891 bits per heavy atom. The van der Waals surface area contributed by atoms with Crippen LogP contribution in [0.5, 0.6) is 0 Å². The van der Waals surface area contributed by atoms with Crippen molar-refractivity contribution in [2.45, 2.75) is 218 Å². The van der Waals surface area contributed by atoms with E-state index in [9.17, 15) is 25.2 Å². The summed E-state index contributed by atoms with van der Waals surface area (Å²) in [4.78, 5) is 12.4. The van der Waals surface area contributed by atoms with E-state index in [4.69, 9.17) is 0 Å². The highest BCUT2D eigenvalue weighted by Gasteiger charge is 2.28. The second kappa shape index (κ2) is 35.1. The lowest BCUT2D eigenvalue weighted by Gasteiger charge is -2.27. The number of allylic oxidation sites excluding steroid dienone is 4. The van der Waals surface area contributed by atoms with Gasteiger partial charge < -0.3 is 25.7 Å². The first-order chi connectivity index (χ1) is 22.5. The highest BCUT2D eigenvalue weighted by atomic mass is 16.3. The Morgan fingerprint density at radius 1 is 0.522 bits per heavy atom. The highest BCUT2D eigenvalue weighted by Crippen LogP contribution is 2.14. The van der Waals surface area contributed by atoms with E-state index < -0.39 is 36.9 Å². The largest absolute Gasteiger partial charge is 0.394 e. The van der Waals surface area contributed by atoms with Gasteiger partial charge in [0.1, 0.15) is 12.2 Å². The van der Waals surface area contributed by atoms with Gasteiger partial charge in [-0.2, -0.15) is 0 Å². The number of hydrogen-bond acceptors (Lipinski definition) is 5. The van der Waals surface area contributed by atoms with Crippen LogP contribution in [0.2, 0.25) is 0 Å². The van der Waals surface area contributed by atoms with Gasteiger partial charge in [-0.1, -0.05) is 154 Å². The fourth-order valence-electron chi connectivity index (χ4n) is 5.93. The predicted octanol–water partition coefficient (Wildman–Crippen LogP) is 9.62. The number of carbonyl (C=O) groups excluding carboxylic acids is 1. The summed E-state index contributed by atoms with van der Waals surface area (Å²) < 4.78 is 0.